The summed E-state index contributed by atoms with van der Waals surface area (Å²) < 4.78 is 5.23. The fourth-order valence-corrected chi connectivity index (χ4v) is 3.49. The highest BCUT2D eigenvalue weighted by Crippen LogP contribution is 2.26. The summed E-state index contributed by atoms with van der Waals surface area (Å²) in [6, 6.07) is 3.44. The summed E-state index contributed by atoms with van der Waals surface area (Å²) in [6.45, 7) is 11.4. The standard InChI is InChI=1S/C25H40N4O5/c1-8-9-10-13-27-22(31)21(18-14-16(2)11-12-17(18)3)29(7)23(32)19(15-20(26)30)28-24(33)34-25(4,5)6/h11-12,14,19,21H,8-10,13,15H2,1-7H3,(H2,26,30)(H,27,31)(H,28,33). The van der Waals surface area contributed by atoms with Crippen molar-refractivity contribution in [1.29, 1.82) is 0 Å². The lowest BCUT2D eigenvalue weighted by Crippen LogP contribution is -2.53. The first kappa shape index (κ1) is 28.9. The number of hydrogen-bond donors (Lipinski definition) is 3. The van der Waals surface area contributed by atoms with Gasteiger partial charge in [-0.1, -0.05) is 43.5 Å². The van der Waals surface area contributed by atoms with E-state index >= 15 is 0 Å². The van der Waals surface area contributed by atoms with Crippen molar-refractivity contribution in [3.63, 3.8) is 0 Å². The van der Waals surface area contributed by atoms with Crippen LogP contribution in [0.1, 0.15) is 76.1 Å². The van der Waals surface area contributed by atoms with Gasteiger partial charge in [-0.15, -0.1) is 0 Å². The molecular formula is C25H40N4O5. The van der Waals surface area contributed by atoms with Crippen LogP contribution >= 0.6 is 0 Å². The highest BCUT2D eigenvalue weighted by Gasteiger charge is 2.35. The molecule has 4 amide bonds. The minimum Gasteiger partial charge on any atom is -0.444 e. The van der Waals surface area contributed by atoms with Gasteiger partial charge in [0.05, 0.1) is 6.42 Å². The van der Waals surface area contributed by atoms with Gasteiger partial charge in [-0.2, -0.15) is 0 Å². The summed E-state index contributed by atoms with van der Waals surface area (Å²) in [5, 5.41) is 5.35. The Morgan fingerprint density at radius 1 is 1.12 bits per heavy atom. The predicted octanol–water partition coefficient (Wildman–Crippen LogP) is 2.88. The molecule has 0 spiro atoms. The number of carbonyl (C=O) groups excluding carboxylic acids is 4. The van der Waals surface area contributed by atoms with Crippen molar-refractivity contribution in [1.82, 2.24) is 15.5 Å². The van der Waals surface area contributed by atoms with E-state index < -0.39 is 42.0 Å². The molecule has 0 aliphatic carbocycles. The van der Waals surface area contributed by atoms with E-state index in [1.54, 1.807) is 20.8 Å². The molecule has 0 fully saturated rings. The van der Waals surface area contributed by atoms with Crippen molar-refractivity contribution in [2.75, 3.05) is 13.6 Å². The lowest BCUT2D eigenvalue weighted by atomic mass is 9.96. The SMILES string of the molecule is CCCCCNC(=O)C(c1cc(C)ccc1C)N(C)C(=O)C(CC(N)=O)NC(=O)OC(C)(C)C. The van der Waals surface area contributed by atoms with Crippen molar-refractivity contribution < 1.29 is 23.9 Å². The van der Waals surface area contributed by atoms with Crippen LogP contribution in [0.15, 0.2) is 18.2 Å². The van der Waals surface area contributed by atoms with E-state index in [9.17, 15) is 19.2 Å². The Hall–Kier alpha value is -3.10. The fraction of sp³-hybridized carbons (Fsp3) is 0.600. The number of amides is 4. The van der Waals surface area contributed by atoms with Gasteiger partial charge < -0.3 is 26.0 Å². The Bertz CT molecular complexity index is 879. The minimum absolute atomic E-state index is 0.337. The zero-order valence-corrected chi connectivity index (χ0v) is 21.5. The summed E-state index contributed by atoms with van der Waals surface area (Å²) in [7, 11) is 1.48. The topological polar surface area (TPSA) is 131 Å². The van der Waals surface area contributed by atoms with Gasteiger partial charge in [0.2, 0.25) is 17.7 Å². The quantitative estimate of drug-likeness (QED) is 0.423. The van der Waals surface area contributed by atoms with Crippen LogP contribution in [-0.4, -0.2) is 54.0 Å². The van der Waals surface area contributed by atoms with Crippen LogP contribution in [0, 0.1) is 13.8 Å². The Morgan fingerprint density at radius 2 is 1.76 bits per heavy atom. The number of primary amides is 1. The highest BCUT2D eigenvalue weighted by molar-refractivity contribution is 5.94. The predicted molar refractivity (Wildman–Crippen MR) is 131 cm³/mol. The average molecular weight is 477 g/mol. The number of hydrogen-bond acceptors (Lipinski definition) is 5. The van der Waals surface area contributed by atoms with Gasteiger partial charge in [0.1, 0.15) is 17.7 Å². The van der Waals surface area contributed by atoms with Crippen LogP contribution in [0.5, 0.6) is 0 Å². The van der Waals surface area contributed by atoms with Gasteiger partial charge in [-0.25, -0.2) is 4.79 Å². The maximum Gasteiger partial charge on any atom is 0.408 e. The molecule has 1 rings (SSSR count). The number of nitrogens with zero attached hydrogens (tertiary/aromatic N) is 1. The highest BCUT2D eigenvalue weighted by atomic mass is 16.6. The van der Waals surface area contributed by atoms with Crippen LogP contribution in [0.3, 0.4) is 0 Å². The number of likely N-dealkylation sites (N-methyl/N-ethyl adjacent to an activating group) is 1. The second-order valence-electron chi connectivity index (χ2n) is 9.58. The van der Waals surface area contributed by atoms with E-state index in [0.717, 1.165) is 30.4 Å². The number of ether oxygens (including phenoxy) is 1. The molecule has 0 radical (unpaired) electrons. The summed E-state index contributed by atoms with van der Waals surface area (Å²) in [6.07, 6.45) is 1.53. The molecule has 0 aliphatic heterocycles. The summed E-state index contributed by atoms with van der Waals surface area (Å²) in [5.74, 6) is -1.73. The molecule has 4 N–H and O–H groups in total. The summed E-state index contributed by atoms with van der Waals surface area (Å²) >= 11 is 0. The van der Waals surface area contributed by atoms with Crippen molar-refractivity contribution in [2.24, 2.45) is 5.73 Å². The molecule has 2 atom stereocenters. The second kappa shape index (κ2) is 13.0. The van der Waals surface area contributed by atoms with Gasteiger partial charge in [0, 0.05) is 13.6 Å². The van der Waals surface area contributed by atoms with Crippen molar-refractivity contribution in [3.8, 4) is 0 Å². The number of nitrogens with two attached hydrogens (primary N) is 1. The van der Waals surface area contributed by atoms with E-state index in [4.69, 9.17) is 10.5 Å². The molecule has 9 nitrogen and oxygen atoms in total. The Kier molecular flexibility index (Phi) is 11.0. The minimum atomic E-state index is -1.28. The third-order valence-corrected chi connectivity index (χ3v) is 5.19. The number of nitrogens with one attached hydrogen (secondary N) is 2. The third kappa shape index (κ3) is 9.41. The van der Waals surface area contributed by atoms with Gasteiger partial charge in [-0.05, 0) is 52.2 Å². The van der Waals surface area contributed by atoms with Crippen LogP contribution in [-0.2, 0) is 19.1 Å². The molecule has 0 saturated carbocycles. The second-order valence-corrected chi connectivity index (χ2v) is 9.58. The average Bonchev–Trinajstić information content (AvgIpc) is 2.71. The number of alkyl carbamates (subject to hydrolysis) is 1. The Labute approximate surface area is 202 Å². The van der Waals surface area contributed by atoms with Crippen molar-refractivity contribution in [3.05, 3.63) is 34.9 Å². The van der Waals surface area contributed by atoms with Gasteiger partial charge in [0.15, 0.2) is 0 Å². The molecule has 9 heteroatoms. The van der Waals surface area contributed by atoms with Crippen molar-refractivity contribution >= 4 is 23.8 Å². The molecule has 0 heterocycles. The zero-order chi connectivity index (χ0) is 26.1. The number of benzene rings is 1. The lowest BCUT2D eigenvalue weighted by molar-refractivity contribution is -0.141. The monoisotopic (exact) mass is 476 g/mol. The largest absolute Gasteiger partial charge is 0.444 e. The maximum absolute atomic E-state index is 13.4. The normalized spacial score (nSPS) is 12.9. The van der Waals surface area contributed by atoms with Gasteiger partial charge in [-0.3, -0.25) is 14.4 Å². The molecule has 0 bridgehead atoms. The lowest BCUT2D eigenvalue weighted by Gasteiger charge is -2.32. The Morgan fingerprint density at radius 3 is 2.32 bits per heavy atom. The van der Waals surface area contributed by atoms with E-state index in [1.165, 1.54) is 11.9 Å². The van der Waals surface area contributed by atoms with E-state index in [1.807, 2.05) is 32.0 Å². The Balaban J connectivity index is 3.27. The van der Waals surface area contributed by atoms with Crippen LogP contribution < -0.4 is 16.4 Å². The van der Waals surface area contributed by atoms with Crippen LogP contribution in [0.4, 0.5) is 4.79 Å². The molecule has 0 saturated heterocycles. The van der Waals surface area contributed by atoms with E-state index in [0.29, 0.717) is 12.1 Å². The van der Waals surface area contributed by atoms with Crippen molar-refractivity contribution in [2.45, 2.75) is 84.9 Å². The molecule has 0 aromatic heterocycles. The summed E-state index contributed by atoms with van der Waals surface area (Å²) in [5.41, 5.74) is 6.98. The first-order valence-electron chi connectivity index (χ1n) is 11.7. The van der Waals surface area contributed by atoms with Crippen LogP contribution in [0.25, 0.3) is 0 Å². The maximum atomic E-state index is 13.4. The molecule has 0 aliphatic rings. The molecule has 34 heavy (non-hydrogen) atoms. The molecule has 1 aromatic rings. The fourth-order valence-electron chi connectivity index (χ4n) is 3.49. The summed E-state index contributed by atoms with van der Waals surface area (Å²) in [4.78, 5) is 51.9. The van der Waals surface area contributed by atoms with E-state index in [2.05, 4.69) is 17.6 Å². The van der Waals surface area contributed by atoms with Gasteiger partial charge in [0.25, 0.3) is 0 Å². The van der Waals surface area contributed by atoms with E-state index in [-0.39, 0.29) is 5.91 Å². The zero-order valence-electron chi connectivity index (χ0n) is 21.5. The number of carbonyl (C=O) groups is 4. The smallest absolute Gasteiger partial charge is 0.408 e. The first-order chi connectivity index (χ1) is 15.8. The first-order valence-corrected chi connectivity index (χ1v) is 11.7. The third-order valence-electron chi connectivity index (χ3n) is 5.19. The number of unbranched alkanes of at least 4 members (excludes halogenated alkanes) is 2. The molecule has 2 unspecified atom stereocenters. The number of aryl methyl sites for hydroxylation is 2. The molecular weight excluding hydrogens is 436 g/mol. The number of rotatable bonds is 11. The van der Waals surface area contributed by atoms with Gasteiger partial charge >= 0.3 is 6.09 Å². The van der Waals surface area contributed by atoms with Crippen LogP contribution in [0.2, 0.25) is 0 Å². The molecule has 190 valence electrons. The molecule has 1 aromatic carbocycles.